The lowest BCUT2D eigenvalue weighted by atomic mass is 10.3. The van der Waals surface area contributed by atoms with Gasteiger partial charge < -0.3 is 5.73 Å². The van der Waals surface area contributed by atoms with Gasteiger partial charge in [-0.15, -0.1) is 0 Å². The van der Waals surface area contributed by atoms with Gasteiger partial charge in [0.25, 0.3) is 0 Å². The lowest BCUT2D eigenvalue weighted by Crippen LogP contribution is -2.36. The van der Waals surface area contributed by atoms with Crippen LogP contribution in [0.25, 0.3) is 0 Å². The average Bonchev–Trinajstić information content (AvgIpc) is 3.23. The van der Waals surface area contributed by atoms with Gasteiger partial charge in [-0.3, -0.25) is 4.90 Å². The van der Waals surface area contributed by atoms with E-state index in [-0.39, 0.29) is 6.54 Å². The molecule has 1 fully saturated rings. The Labute approximate surface area is 123 Å². The fourth-order valence-corrected chi connectivity index (χ4v) is 3.30. The van der Waals surface area contributed by atoms with Crippen molar-refractivity contribution in [1.82, 2.24) is 9.62 Å². The number of halogens is 2. The van der Waals surface area contributed by atoms with Gasteiger partial charge in [-0.2, -0.15) is 0 Å². The van der Waals surface area contributed by atoms with Crippen LogP contribution in [0.4, 0.5) is 14.5 Å². The van der Waals surface area contributed by atoms with Crippen LogP contribution in [0.5, 0.6) is 0 Å². The summed E-state index contributed by atoms with van der Waals surface area (Å²) in [5, 5.41) is 0. The molecule has 8 heteroatoms. The molecular formula is C13H19F2N3O2S. The number of nitrogens with two attached hydrogens (primary N) is 1. The van der Waals surface area contributed by atoms with Gasteiger partial charge in [-0.05, 0) is 25.5 Å². The fraction of sp³-hybridized carbons (Fsp3) is 0.538. The van der Waals surface area contributed by atoms with Crippen LogP contribution in [-0.4, -0.2) is 39.0 Å². The summed E-state index contributed by atoms with van der Waals surface area (Å²) in [7, 11) is -4.04. The second-order valence-corrected chi connectivity index (χ2v) is 6.80. The van der Waals surface area contributed by atoms with Gasteiger partial charge in [0.15, 0.2) is 0 Å². The number of sulfonamides is 1. The highest BCUT2D eigenvalue weighted by Gasteiger charge is 2.28. The summed E-state index contributed by atoms with van der Waals surface area (Å²) in [4.78, 5) is 1.54. The molecule has 1 aliphatic rings. The molecule has 21 heavy (non-hydrogen) atoms. The second kappa shape index (κ2) is 6.25. The van der Waals surface area contributed by atoms with Crippen LogP contribution in [-0.2, 0) is 10.0 Å². The lowest BCUT2D eigenvalue weighted by Gasteiger charge is -2.19. The van der Waals surface area contributed by atoms with Crippen molar-refractivity contribution in [3.8, 4) is 0 Å². The quantitative estimate of drug-likeness (QED) is 0.743. The Morgan fingerprint density at radius 3 is 2.57 bits per heavy atom. The number of rotatable bonds is 7. The number of nitrogen functional groups attached to an aromatic ring is 1. The van der Waals surface area contributed by atoms with Gasteiger partial charge in [-0.1, -0.05) is 6.92 Å². The number of benzene rings is 1. The Morgan fingerprint density at radius 1 is 1.33 bits per heavy atom. The minimum atomic E-state index is -4.04. The summed E-state index contributed by atoms with van der Waals surface area (Å²) in [6.45, 7) is 3.57. The number of anilines is 1. The third-order valence-corrected chi connectivity index (χ3v) is 4.98. The average molecular weight is 319 g/mol. The molecule has 0 aliphatic heterocycles. The largest absolute Gasteiger partial charge is 0.396 e. The first-order valence-electron chi connectivity index (χ1n) is 6.83. The minimum absolute atomic E-state index is 0.170. The highest BCUT2D eigenvalue weighted by Crippen LogP contribution is 2.26. The van der Waals surface area contributed by atoms with Crippen molar-refractivity contribution in [1.29, 1.82) is 0 Å². The molecule has 0 bridgehead atoms. The van der Waals surface area contributed by atoms with E-state index in [1.54, 1.807) is 0 Å². The minimum Gasteiger partial charge on any atom is -0.396 e. The molecule has 0 saturated heterocycles. The molecule has 1 aromatic rings. The molecule has 0 spiro atoms. The topological polar surface area (TPSA) is 75.4 Å². The molecule has 0 atom stereocenters. The monoisotopic (exact) mass is 319 g/mol. The first-order chi connectivity index (χ1) is 9.85. The molecule has 3 N–H and O–H groups in total. The lowest BCUT2D eigenvalue weighted by molar-refractivity contribution is 0.282. The summed E-state index contributed by atoms with van der Waals surface area (Å²) in [5.41, 5.74) is 4.89. The number of likely N-dealkylation sites (N-methyl/N-ethyl adjacent to an activating group) is 1. The van der Waals surface area contributed by atoms with Crippen LogP contribution in [0.2, 0.25) is 0 Å². The van der Waals surface area contributed by atoms with Crippen LogP contribution < -0.4 is 10.5 Å². The van der Waals surface area contributed by atoms with Gasteiger partial charge in [-0.25, -0.2) is 21.9 Å². The maximum atomic E-state index is 13.6. The van der Waals surface area contributed by atoms with Crippen molar-refractivity contribution in [2.75, 3.05) is 25.4 Å². The van der Waals surface area contributed by atoms with Gasteiger partial charge in [0.05, 0.1) is 5.69 Å². The molecule has 1 aromatic carbocycles. The number of hydrogen-bond acceptors (Lipinski definition) is 4. The van der Waals surface area contributed by atoms with Crippen LogP contribution in [0.1, 0.15) is 19.8 Å². The van der Waals surface area contributed by atoms with E-state index in [4.69, 9.17) is 5.73 Å². The van der Waals surface area contributed by atoms with Crippen molar-refractivity contribution >= 4 is 15.7 Å². The van der Waals surface area contributed by atoms with Crippen LogP contribution in [0.3, 0.4) is 0 Å². The first-order valence-corrected chi connectivity index (χ1v) is 8.31. The molecule has 0 unspecified atom stereocenters. The van der Waals surface area contributed by atoms with Crippen molar-refractivity contribution in [2.45, 2.75) is 30.7 Å². The second-order valence-electron chi connectivity index (χ2n) is 5.06. The molecule has 5 nitrogen and oxygen atoms in total. The summed E-state index contributed by atoms with van der Waals surface area (Å²) in [6.07, 6.45) is 2.26. The zero-order chi connectivity index (χ0) is 15.6. The Kier molecular flexibility index (Phi) is 4.80. The zero-order valence-corrected chi connectivity index (χ0v) is 12.6. The Hall–Kier alpha value is -1.25. The molecule has 0 heterocycles. The molecule has 2 rings (SSSR count). The molecule has 118 valence electrons. The summed E-state index contributed by atoms with van der Waals surface area (Å²) in [5.74, 6) is -2.12. The highest BCUT2D eigenvalue weighted by molar-refractivity contribution is 7.89. The fourth-order valence-electron chi connectivity index (χ4n) is 2.19. The van der Waals surface area contributed by atoms with Crippen LogP contribution in [0, 0.1) is 11.6 Å². The molecule has 0 aromatic heterocycles. The maximum Gasteiger partial charge on any atom is 0.243 e. The van der Waals surface area contributed by atoms with Gasteiger partial charge in [0.1, 0.15) is 16.5 Å². The summed E-state index contributed by atoms with van der Waals surface area (Å²) < 4.78 is 53.0. The molecule has 1 aliphatic carbocycles. The number of nitrogens with one attached hydrogen (secondary N) is 1. The van der Waals surface area contributed by atoms with Gasteiger partial charge in [0.2, 0.25) is 10.0 Å². The van der Waals surface area contributed by atoms with Crippen LogP contribution in [0.15, 0.2) is 17.0 Å². The third kappa shape index (κ3) is 3.90. The third-order valence-electron chi connectivity index (χ3n) is 3.50. The number of hydrogen-bond donors (Lipinski definition) is 2. The number of nitrogens with zero attached hydrogens (tertiary/aromatic N) is 1. The first kappa shape index (κ1) is 16.1. The maximum absolute atomic E-state index is 13.6. The molecular weight excluding hydrogens is 300 g/mol. The summed E-state index contributed by atoms with van der Waals surface area (Å²) >= 11 is 0. The smallest absolute Gasteiger partial charge is 0.243 e. The van der Waals surface area contributed by atoms with Crippen LogP contribution >= 0.6 is 0 Å². The highest BCUT2D eigenvalue weighted by atomic mass is 32.2. The van der Waals surface area contributed by atoms with E-state index < -0.39 is 32.2 Å². The molecule has 1 saturated carbocycles. The Morgan fingerprint density at radius 2 is 2.00 bits per heavy atom. The van der Waals surface area contributed by atoms with E-state index >= 15 is 0 Å². The normalized spacial score (nSPS) is 15.6. The van der Waals surface area contributed by atoms with E-state index in [2.05, 4.69) is 9.62 Å². The zero-order valence-electron chi connectivity index (χ0n) is 11.8. The standard InChI is InChI=1S/C13H19F2N3O2S/c1-2-18(9-3-4-9)6-5-17-21(19,20)13-8-12(16)10(14)7-11(13)15/h7-9,17H,2-6,16H2,1H3. The predicted molar refractivity (Wildman–Crippen MR) is 76.2 cm³/mol. The van der Waals surface area contributed by atoms with E-state index in [1.165, 1.54) is 0 Å². The van der Waals surface area contributed by atoms with Gasteiger partial charge in [0, 0.05) is 25.2 Å². The van der Waals surface area contributed by atoms with Crippen molar-refractivity contribution < 1.29 is 17.2 Å². The van der Waals surface area contributed by atoms with E-state index in [0.717, 1.165) is 25.5 Å². The van der Waals surface area contributed by atoms with E-state index in [9.17, 15) is 17.2 Å². The molecule has 0 amide bonds. The summed E-state index contributed by atoms with van der Waals surface area (Å²) in [6, 6.07) is 1.80. The SMILES string of the molecule is CCN(CCNS(=O)(=O)c1cc(N)c(F)cc1F)C1CC1. The van der Waals surface area contributed by atoms with Crippen molar-refractivity contribution in [2.24, 2.45) is 0 Å². The Balaban J connectivity index is 2.03. The van der Waals surface area contributed by atoms with Crippen molar-refractivity contribution in [3.05, 3.63) is 23.8 Å². The van der Waals surface area contributed by atoms with Crippen molar-refractivity contribution in [3.63, 3.8) is 0 Å². The van der Waals surface area contributed by atoms with Gasteiger partial charge >= 0.3 is 0 Å². The Bertz CT molecular complexity index is 618. The molecule has 0 radical (unpaired) electrons. The van der Waals surface area contributed by atoms with E-state index in [0.29, 0.717) is 18.7 Å². The van der Waals surface area contributed by atoms with E-state index in [1.807, 2.05) is 6.92 Å². The predicted octanol–water partition coefficient (Wildman–Crippen LogP) is 1.31.